The minimum absolute atomic E-state index is 0.0164. The maximum absolute atomic E-state index is 12.7. The molecule has 0 aromatic carbocycles. The number of ketones is 2. The average molecular weight is 272 g/mol. The van der Waals surface area contributed by atoms with Crippen LogP contribution < -0.4 is 0 Å². The lowest BCUT2D eigenvalue weighted by molar-refractivity contribution is -0.226. The van der Waals surface area contributed by atoms with Crippen molar-refractivity contribution in [3.63, 3.8) is 0 Å². The molecule has 0 spiro atoms. The second-order valence-electron chi connectivity index (χ2n) is 6.55. The Hall–Kier alpha value is -0.840. The summed E-state index contributed by atoms with van der Waals surface area (Å²) in [5.41, 5.74) is -0.560. The fourth-order valence-corrected chi connectivity index (χ4v) is 4.43. The van der Waals surface area contributed by atoms with E-state index in [-0.39, 0.29) is 17.6 Å². The quantitative estimate of drug-likeness (QED) is 0.790. The highest BCUT2D eigenvalue weighted by Crippen LogP contribution is 2.58. The molecular formula is C14H18F2O3. The van der Waals surface area contributed by atoms with Crippen molar-refractivity contribution in [2.75, 3.05) is 6.61 Å². The second-order valence-corrected chi connectivity index (χ2v) is 6.55. The number of Topliss-reactive ketones (excluding diaryl/α,β-unsaturated/α-hetero) is 2. The van der Waals surface area contributed by atoms with Crippen molar-refractivity contribution in [1.29, 1.82) is 0 Å². The number of carbonyl (C=O) groups is 2. The molecule has 5 heteroatoms. The maximum Gasteiger partial charge on any atom is 0.353 e. The summed E-state index contributed by atoms with van der Waals surface area (Å²) in [5.74, 6) is 0.443. The Labute approximate surface area is 110 Å². The molecule has 4 aliphatic carbocycles. The number of carbonyl (C=O) groups excluding carboxylic acids is 2. The van der Waals surface area contributed by atoms with Crippen LogP contribution in [-0.4, -0.2) is 24.3 Å². The normalized spacial score (nSPS) is 40.8. The summed E-state index contributed by atoms with van der Waals surface area (Å²) in [4.78, 5) is 24.3. The van der Waals surface area contributed by atoms with Gasteiger partial charge in [0.15, 0.2) is 5.78 Å². The van der Waals surface area contributed by atoms with Gasteiger partial charge in [0.25, 0.3) is 0 Å². The first-order valence-corrected chi connectivity index (χ1v) is 6.88. The lowest BCUT2D eigenvalue weighted by atomic mass is 9.48. The third kappa shape index (κ3) is 2.22. The van der Waals surface area contributed by atoms with Gasteiger partial charge in [-0.2, -0.15) is 8.78 Å². The molecular weight excluding hydrogens is 254 g/mol. The largest absolute Gasteiger partial charge is 0.353 e. The van der Waals surface area contributed by atoms with Crippen molar-refractivity contribution in [3.05, 3.63) is 0 Å². The highest BCUT2D eigenvalue weighted by atomic mass is 19.3. The van der Waals surface area contributed by atoms with Crippen molar-refractivity contribution < 1.29 is 23.1 Å². The fourth-order valence-electron chi connectivity index (χ4n) is 4.43. The van der Waals surface area contributed by atoms with Gasteiger partial charge in [-0.05, 0) is 38.0 Å². The third-order valence-corrected chi connectivity index (χ3v) is 5.04. The predicted octanol–water partition coefficient (Wildman–Crippen LogP) is 2.58. The Kier molecular flexibility index (Phi) is 2.82. The van der Waals surface area contributed by atoms with Gasteiger partial charge in [0, 0.05) is 24.2 Å². The van der Waals surface area contributed by atoms with Crippen molar-refractivity contribution >= 4 is 11.6 Å². The summed E-state index contributed by atoms with van der Waals surface area (Å²) in [5, 5.41) is 0. The molecule has 0 saturated heterocycles. The lowest BCUT2D eigenvalue weighted by Crippen LogP contribution is -2.55. The van der Waals surface area contributed by atoms with Crippen LogP contribution in [0.2, 0.25) is 0 Å². The van der Waals surface area contributed by atoms with Gasteiger partial charge in [0.1, 0.15) is 12.4 Å². The number of rotatable bonds is 4. The van der Waals surface area contributed by atoms with Gasteiger partial charge in [-0.25, -0.2) is 0 Å². The zero-order valence-corrected chi connectivity index (χ0v) is 11.0. The van der Waals surface area contributed by atoms with E-state index in [9.17, 15) is 18.4 Å². The van der Waals surface area contributed by atoms with E-state index in [1.54, 1.807) is 0 Å². The summed E-state index contributed by atoms with van der Waals surface area (Å²) in [6.45, 7) is 0.105. The van der Waals surface area contributed by atoms with Crippen LogP contribution >= 0.6 is 0 Å². The molecule has 0 radical (unpaired) electrons. The van der Waals surface area contributed by atoms with E-state index in [0.717, 1.165) is 19.3 Å². The van der Waals surface area contributed by atoms with Crippen LogP contribution in [0, 0.1) is 23.2 Å². The van der Waals surface area contributed by atoms with Crippen LogP contribution in [0.4, 0.5) is 8.78 Å². The Morgan fingerprint density at radius 3 is 2.42 bits per heavy atom. The fraction of sp³-hybridized carbons (Fsp3) is 0.857. The highest BCUT2D eigenvalue weighted by molar-refractivity contribution is 5.92. The number of alkyl halides is 2. The van der Waals surface area contributed by atoms with Crippen molar-refractivity contribution in [2.24, 2.45) is 23.2 Å². The molecule has 4 rings (SSSR count). The monoisotopic (exact) mass is 272 g/mol. The average Bonchev–Trinajstić information content (AvgIpc) is 2.30. The van der Waals surface area contributed by atoms with Gasteiger partial charge in [0.05, 0.1) is 0 Å². The highest BCUT2D eigenvalue weighted by Gasteiger charge is 2.57. The molecule has 4 bridgehead atoms. The van der Waals surface area contributed by atoms with Gasteiger partial charge < -0.3 is 4.74 Å². The Balaban J connectivity index is 1.74. The Bertz CT molecular complexity index is 409. The number of ether oxygens (including phenoxy) is 1. The SMILES string of the molecule is CC(F)(F)OCC(=O)C12CC3CC(C1)C(=O)C(C3)C2. The molecule has 2 atom stereocenters. The standard InChI is InChI=1S/C14H18F2O3/c1-13(15,16)19-7-11(17)14-4-8-2-9(5-14)12(18)10(3-8)6-14/h8-10H,2-7H2,1H3. The van der Waals surface area contributed by atoms with Gasteiger partial charge >= 0.3 is 6.11 Å². The molecule has 0 aromatic heterocycles. The van der Waals surface area contributed by atoms with E-state index in [2.05, 4.69) is 4.74 Å². The van der Waals surface area contributed by atoms with E-state index >= 15 is 0 Å². The van der Waals surface area contributed by atoms with Gasteiger partial charge in [0.2, 0.25) is 0 Å². The number of hydrogen-bond acceptors (Lipinski definition) is 3. The molecule has 0 N–H and O–H groups in total. The minimum Gasteiger partial charge on any atom is -0.313 e. The molecule has 4 fully saturated rings. The van der Waals surface area contributed by atoms with Crippen molar-refractivity contribution in [3.8, 4) is 0 Å². The van der Waals surface area contributed by atoms with Crippen LogP contribution in [0.15, 0.2) is 0 Å². The number of halogens is 2. The topological polar surface area (TPSA) is 43.4 Å². The second kappa shape index (κ2) is 4.08. The molecule has 0 aromatic rings. The molecule has 106 valence electrons. The first-order chi connectivity index (χ1) is 8.79. The lowest BCUT2D eigenvalue weighted by Gasteiger charge is -2.54. The van der Waals surface area contributed by atoms with E-state index in [1.807, 2.05) is 0 Å². The van der Waals surface area contributed by atoms with E-state index < -0.39 is 18.1 Å². The van der Waals surface area contributed by atoms with E-state index in [1.165, 1.54) is 0 Å². The summed E-state index contributed by atoms with van der Waals surface area (Å²) in [6, 6.07) is 0. The summed E-state index contributed by atoms with van der Waals surface area (Å²) in [6.07, 6.45) is 0.357. The van der Waals surface area contributed by atoms with Crippen LogP contribution in [-0.2, 0) is 14.3 Å². The zero-order chi connectivity index (χ0) is 13.8. The summed E-state index contributed by atoms with van der Waals surface area (Å²) < 4.78 is 29.7. The molecule has 2 unspecified atom stereocenters. The smallest absolute Gasteiger partial charge is 0.313 e. The third-order valence-electron chi connectivity index (χ3n) is 5.04. The Morgan fingerprint density at radius 2 is 1.89 bits per heavy atom. The van der Waals surface area contributed by atoms with Crippen molar-refractivity contribution in [1.82, 2.24) is 0 Å². The van der Waals surface area contributed by atoms with Crippen LogP contribution in [0.25, 0.3) is 0 Å². The van der Waals surface area contributed by atoms with Crippen molar-refractivity contribution in [2.45, 2.75) is 45.1 Å². The molecule has 3 nitrogen and oxygen atoms in total. The van der Waals surface area contributed by atoms with Gasteiger partial charge in [-0.15, -0.1) is 0 Å². The van der Waals surface area contributed by atoms with Gasteiger partial charge in [-0.1, -0.05) is 0 Å². The molecule has 4 aliphatic rings. The van der Waals surface area contributed by atoms with Crippen LogP contribution in [0.5, 0.6) is 0 Å². The molecule has 0 heterocycles. The predicted molar refractivity (Wildman–Crippen MR) is 62.6 cm³/mol. The maximum atomic E-state index is 12.7. The summed E-state index contributed by atoms with van der Waals surface area (Å²) >= 11 is 0. The van der Waals surface area contributed by atoms with Crippen LogP contribution in [0.1, 0.15) is 39.0 Å². The number of hydrogen-bond donors (Lipinski definition) is 0. The van der Waals surface area contributed by atoms with Crippen LogP contribution in [0.3, 0.4) is 0 Å². The summed E-state index contributed by atoms with van der Waals surface area (Å²) in [7, 11) is 0. The molecule has 4 saturated carbocycles. The Morgan fingerprint density at radius 1 is 1.32 bits per heavy atom. The first-order valence-electron chi connectivity index (χ1n) is 6.88. The molecule has 0 aliphatic heterocycles. The zero-order valence-electron chi connectivity index (χ0n) is 11.0. The van der Waals surface area contributed by atoms with E-state index in [4.69, 9.17) is 0 Å². The molecule has 19 heavy (non-hydrogen) atoms. The molecule has 0 amide bonds. The first kappa shape index (κ1) is 13.2. The van der Waals surface area contributed by atoms with Gasteiger partial charge in [-0.3, -0.25) is 9.59 Å². The van der Waals surface area contributed by atoms with E-state index in [0.29, 0.717) is 31.5 Å². The minimum atomic E-state index is -3.27.